The summed E-state index contributed by atoms with van der Waals surface area (Å²) in [5, 5.41) is 0.911. The molecule has 4 aromatic rings. The molecule has 2 fully saturated rings. The van der Waals surface area contributed by atoms with Crippen molar-refractivity contribution in [3.05, 3.63) is 55.0 Å². The van der Waals surface area contributed by atoms with Crippen LogP contribution in [0.3, 0.4) is 0 Å². The second kappa shape index (κ2) is 9.34. The molecule has 2 N–H and O–H groups in total. The molecule has 0 radical (unpaired) electrons. The Labute approximate surface area is 205 Å². The number of nitrogens with zero attached hydrogens (tertiary/aromatic N) is 5. The molecule has 1 saturated heterocycles. The number of aromatic nitrogens is 5. The van der Waals surface area contributed by atoms with Crippen LogP contribution in [0.2, 0.25) is 0 Å². The number of benzene rings is 1. The van der Waals surface area contributed by atoms with E-state index in [1.165, 1.54) is 6.42 Å². The molecule has 1 unspecified atom stereocenters. The van der Waals surface area contributed by atoms with E-state index < -0.39 is 0 Å². The average Bonchev–Trinajstić information content (AvgIpc) is 3.45. The zero-order valence-corrected chi connectivity index (χ0v) is 20.1. The summed E-state index contributed by atoms with van der Waals surface area (Å²) >= 11 is 0. The number of nitrogens with two attached hydrogens (primary N) is 1. The Hall–Kier alpha value is -3.39. The number of aryl methyl sites for hydroxylation is 1. The van der Waals surface area contributed by atoms with Crippen LogP contribution in [0.4, 0.5) is 5.82 Å². The molecular weight excluding hydrogens is 440 g/mol. The highest BCUT2D eigenvalue weighted by atomic mass is 16.5. The fourth-order valence-corrected chi connectivity index (χ4v) is 5.44. The molecule has 1 atom stereocenters. The Balaban J connectivity index is 1.24. The zero-order chi connectivity index (χ0) is 23.8. The number of hydrogen-bond acceptors (Lipinski definition) is 6. The van der Waals surface area contributed by atoms with E-state index in [4.69, 9.17) is 15.2 Å². The normalized spacial score (nSPS) is 22.3. The lowest BCUT2D eigenvalue weighted by Crippen LogP contribution is -2.29. The first-order valence-corrected chi connectivity index (χ1v) is 12.6. The Morgan fingerprint density at radius 2 is 2.09 bits per heavy atom. The van der Waals surface area contributed by atoms with Gasteiger partial charge in [-0.1, -0.05) is 12.1 Å². The Morgan fingerprint density at radius 3 is 2.89 bits per heavy atom. The summed E-state index contributed by atoms with van der Waals surface area (Å²) in [4.78, 5) is 13.3. The number of imidazole rings is 1. The predicted octanol–water partition coefficient (Wildman–Crippen LogP) is 4.78. The van der Waals surface area contributed by atoms with E-state index >= 15 is 0 Å². The van der Waals surface area contributed by atoms with Gasteiger partial charge < -0.3 is 24.3 Å². The first-order valence-electron chi connectivity index (χ1n) is 12.6. The van der Waals surface area contributed by atoms with E-state index in [0.717, 1.165) is 72.6 Å². The van der Waals surface area contributed by atoms with E-state index in [1.54, 1.807) is 6.33 Å². The quantitative estimate of drug-likeness (QED) is 0.416. The van der Waals surface area contributed by atoms with Crippen molar-refractivity contribution in [2.45, 2.75) is 57.7 Å². The zero-order valence-electron chi connectivity index (χ0n) is 20.1. The molecule has 3 aromatic heterocycles. The summed E-state index contributed by atoms with van der Waals surface area (Å²) in [6.07, 6.45) is 13.5. The molecular formula is C27H32N6O2. The van der Waals surface area contributed by atoms with Gasteiger partial charge in [-0.05, 0) is 62.6 Å². The van der Waals surface area contributed by atoms with Crippen LogP contribution in [0, 0.1) is 12.8 Å². The monoisotopic (exact) mass is 472 g/mol. The predicted molar refractivity (Wildman–Crippen MR) is 135 cm³/mol. The number of hydrogen-bond donors (Lipinski definition) is 1. The standard InChI is InChI=1S/C27H32N6O2/c1-18-29-8-9-32(18)14-19-11-21(12-19)33-15-24(25-26(28)30-17-31-27(25)33)20-5-4-7-22(13-20)35-16-23-6-2-3-10-34-23/h4-5,7-9,13,15,17,19,21,23H,2-3,6,10-12,14,16H2,1H3,(H2,28,30,31). The van der Waals surface area contributed by atoms with Gasteiger partial charge in [0.15, 0.2) is 0 Å². The Kier molecular flexibility index (Phi) is 5.90. The van der Waals surface area contributed by atoms with Crippen LogP contribution in [-0.4, -0.2) is 43.4 Å². The van der Waals surface area contributed by atoms with Crippen molar-refractivity contribution in [3.8, 4) is 16.9 Å². The Morgan fingerprint density at radius 1 is 1.17 bits per heavy atom. The van der Waals surface area contributed by atoms with Gasteiger partial charge in [0, 0.05) is 43.3 Å². The van der Waals surface area contributed by atoms with Crippen LogP contribution in [0.25, 0.3) is 22.2 Å². The summed E-state index contributed by atoms with van der Waals surface area (Å²) in [6, 6.07) is 8.61. The number of anilines is 1. The molecule has 2 aliphatic rings. The average molecular weight is 473 g/mol. The van der Waals surface area contributed by atoms with Crippen molar-refractivity contribution >= 4 is 16.9 Å². The molecule has 0 amide bonds. The third kappa shape index (κ3) is 4.38. The van der Waals surface area contributed by atoms with Crippen molar-refractivity contribution in [3.63, 3.8) is 0 Å². The van der Waals surface area contributed by atoms with Crippen molar-refractivity contribution in [1.29, 1.82) is 0 Å². The maximum Gasteiger partial charge on any atom is 0.146 e. The number of nitrogen functional groups attached to an aromatic ring is 1. The number of rotatable bonds is 7. The molecule has 1 aromatic carbocycles. The first-order chi connectivity index (χ1) is 17.2. The molecule has 8 nitrogen and oxygen atoms in total. The van der Waals surface area contributed by atoms with Gasteiger partial charge in [-0.15, -0.1) is 0 Å². The minimum atomic E-state index is 0.177. The van der Waals surface area contributed by atoms with Crippen LogP contribution in [0.5, 0.6) is 5.75 Å². The molecule has 8 heteroatoms. The maximum absolute atomic E-state index is 6.37. The second-order valence-corrected chi connectivity index (χ2v) is 9.85. The topological polar surface area (TPSA) is 93.0 Å². The minimum absolute atomic E-state index is 0.177. The fourth-order valence-electron chi connectivity index (χ4n) is 5.44. The van der Waals surface area contributed by atoms with E-state index in [1.807, 2.05) is 18.3 Å². The lowest BCUT2D eigenvalue weighted by molar-refractivity contribution is -0.0110. The third-order valence-corrected chi connectivity index (χ3v) is 7.48. The molecule has 4 heterocycles. The van der Waals surface area contributed by atoms with Gasteiger partial charge in [0.25, 0.3) is 0 Å². The van der Waals surface area contributed by atoms with Crippen LogP contribution in [-0.2, 0) is 11.3 Å². The molecule has 1 aliphatic carbocycles. The van der Waals surface area contributed by atoms with Crippen molar-refractivity contribution < 1.29 is 9.47 Å². The van der Waals surface area contributed by atoms with Crippen molar-refractivity contribution in [1.82, 2.24) is 24.1 Å². The third-order valence-electron chi connectivity index (χ3n) is 7.48. The fraction of sp³-hybridized carbons (Fsp3) is 0.444. The van der Waals surface area contributed by atoms with E-state index in [2.05, 4.69) is 55.5 Å². The second-order valence-electron chi connectivity index (χ2n) is 9.85. The molecule has 0 bridgehead atoms. The number of fused-ring (bicyclic) bond motifs is 1. The highest BCUT2D eigenvalue weighted by Gasteiger charge is 2.33. The minimum Gasteiger partial charge on any atom is -0.491 e. The molecule has 35 heavy (non-hydrogen) atoms. The summed E-state index contributed by atoms with van der Waals surface area (Å²) in [7, 11) is 0. The van der Waals surface area contributed by atoms with E-state index in [-0.39, 0.29) is 6.10 Å². The lowest BCUT2D eigenvalue weighted by Gasteiger charge is -2.37. The summed E-state index contributed by atoms with van der Waals surface area (Å²) in [6.45, 7) is 4.48. The molecule has 1 aliphatic heterocycles. The summed E-state index contributed by atoms with van der Waals surface area (Å²) < 4.78 is 16.5. The van der Waals surface area contributed by atoms with Gasteiger partial charge in [-0.2, -0.15) is 0 Å². The Bertz CT molecular complexity index is 1320. The van der Waals surface area contributed by atoms with Crippen molar-refractivity contribution in [2.24, 2.45) is 5.92 Å². The first kappa shape index (κ1) is 22.1. The van der Waals surface area contributed by atoms with Gasteiger partial charge >= 0.3 is 0 Å². The smallest absolute Gasteiger partial charge is 0.146 e. The lowest BCUT2D eigenvalue weighted by atomic mass is 9.80. The maximum atomic E-state index is 6.37. The van der Waals surface area contributed by atoms with Crippen LogP contribution in [0.1, 0.15) is 44.0 Å². The molecule has 1 saturated carbocycles. The largest absolute Gasteiger partial charge is 0.491 e. The molecule has 182 valence electrons. The molecule has 6 rings (SSSR count). The molecule has 0 spiro atoms. The van der Waals surface area contributed by atoms with Gasteiger partial charge in [0.1, 0.15) is 36.0 Å². The van der Waals surface area contributed by atoms with Gasteiger partial charge in [-0.3, -0.25) is 0 Å². The SMILES string of the molecule is Cc1nccn1CC1CC(n2cc(-c3cccc(OCC4CCCCO4)c3)c3c(N)ncnc32)C1. The summed E-state index contributed by atoms with van der Waals surface area (Å²) in [5.41, 5.74) is 9.38. The van der Waals surface area contributed by atoms with Gasteiger partial charge in [0.2, 0.25) is 0 Å². The van der Waals surface area contributed by atoms with Gasteiger partial charge in [0.05, 0.1) is 11.5 Å². The number of ether oxygens (including phenoxy) is 2. The van der Waals surface area contributed by atoms with Gasteiger partial charge in [-0.25, -0.2) is 15.0 Å². The summed E-state index contributed by atoms with van der Waals surface area (Å²) in [5.74, 6) is 3.05. The van der Waals surface area contributed by atoms with Crippen molar-refractivity contribution in [2.75, 3.05) is 18.9 Å². The van der Waals surface area contributed by atoms with Crippen LogP contribution >= 0.6 is 0 Å². The van der Waals surface area contributed by atoms with E-state index in [9.17, 15) is 0 Å². The van der Waals surface area contributed by atoms with Crippen LogP contribution in [0.15, 0.2) is 49.2 Å². The van der Waals surface area contributed by atoms with E-state index in [0.29, 0.717) is 24.4 Å². The van der Waals surface area contributed by atoms with Crippen LogP contribution < -0.4 is 10.5 Å². The highest BCUT2D eigenvalue weighted by molar-refractivity contribution is 6.00. The highest BCUT2D eigenvalue weighted by Crippen LogP contribution is 2.43.